The van der Waals surface area contributed by atoms with Crippen molar-refractivity contribution in [2.45, 2.75) is 18.8 Å². The van der Waals surface area contributed by atoms with Gasteiger partial charge in [0.1, 0.15) is 0 Å². The second-order valence-corrected chi connectivity index (χ2v) is 4.82. The van der Waals surface area contributed by atoms with Crippen LogP contribution in [0.1, 0.15) is 24.7 Å². The number of aliphatic carboxylic acids is 1. The summed E-state index contributed by atoms with van der Waals surface area (Å²) in [4.78, 5) is 15.7. The van der Waals surface area contributed by atoms with Crippen LogP contribution < -0.4 is 0 Å². The van der Waals surface area contributed by atoms with Crippen molar-refractivity contribution in [3.63, 3.8) is 0 Å². The van der Waals surface area contributed by atoms with Gasteiger partial charge in [-0.15, -0.1) is 0 Å². The number of aromatic nitrogens is 2. The van der Waals surface area contributed by atoms with Gasteiger partial charge in [0.2, 0.25) is 11.7 Å². The van der Waals surface area contributed by atoms with Crippen molar-refractivity contribution in [1.82, 2.24) is 10.1 Å². The number of carboxylic acid groups (broad SMARTS) is 1. The van der Waals surface area contributed by atoms with Gasteiger partial charge in [-0.05, 0) is 12.8 Å². The molecule has 0 radical (unpaired) electrons. The van der Waals surface area contributed by atoms with Gasteiger partial charge in [-0.1, -0.05) is 47.6 Å². The molecule has 0 fully saturated rings. The van der Waals surface area contributed by atoms with Crippen molar-refractivity contribution in [1.29, 1.82) is 0 Å². The third kappa shape index (κ3) is 2.34. The molecule has 2 aromatic rings. The van der Waals surface area contributed by atoms with Gasteiger partial charge in [-0.2, -0.15) is 4.98 Å². The molecule has 1 heterocycles. The first-order valence-corrected chi connectivity index (χ1v) is 6.52. The Morgan fingerprint density at radius 3 is 2.70 bits per heavy atom. The van der Waals surface area contributed by atoms with Crippen LogP contribution in [0.15, 0.2) is 47.0 Å². The predicted molar refractivity (Wildman–Crippen MR) is 72.0 cm³/mol. The second kappa shape index (κ2) is 5.28. The molecule has 0 saturated heterocycles. The van der Waals surface area contributed by atoms with E-state index >= 15 is 0 Å². The van der Waals surface area contributed by atoms with E-state index in [2.05, 4.69) is 10.1 Å². The lowest BCUT2D eigenvalue weighted by Gasteiger charge is -2.21. The van der Waals surface area contributed by atoms with Gasteiger partial charge < -0.3 is 9.63 Å². The number of allylic oxidation sites excluding steroid dienone is 2. The normalized spacial score (nSPS) is 21.8. The summed E-state index contributed by atoms with van der Waals surface area (Å²) >= 11 is 0. The van der Waals surface area contributed by atoms with E-state index in [0.29, 0.717) is 24.6 Å². The Morgan fingerprint density at radius 2 is 1.95 bits per heavy atom. The maximum absolute atomic E-state index is 11.3. The van der Waals surface area contributed by atoms with E-state index in [9.17, 15) is 9.90 Å². The molecule has 2 atom stereocenters. The number of hydrogen-bond acceptors (Lipinski definition) is 4. The molecule has 0 amide bonds. The monoisotopic (exact) mass is 270 g/mol. The highest BCUT2D eigenvalue weighted by Crippen LogP contribution is 2.34. The first-order valence-electron chi connectivity index (χ1n) is 6.52. The summed E-state index contributed by atoms with van der Waals surface area (Å²) in [6.07, 6.45) is 4.98. The number of carboxylic acids is 1. The Hall–Kier alpha value is -2.43. The highest BCUT2D eigenvalue weighted by Gasteiger charge is 2.33. The number of hydrogen-bond donors (Lipinski definition) is 1. The molecule has 3 rings (SSSR count). The van der Waals surface area contributed by atoms with E-state index in [4.69, 9.17) is 4.52 Å². The van der Waals surface area contributed by atoms with Crippen molar-refractivity contribution in [3.8, 4) is 11.4 Å². The van der Waals surface area contributed by atoms with E-state index in [0.717, 1.165) is 5.56 Å². The van der Waals surface area contributed by atoms with Gasteiger partial charge in [-0.25, -0.2) is 0 Å². The smallest absolute Gasteiger partial charge is 0.307 e. The Morgan fingerprint density at radius 1 is 1.20 bits per heavy atom. The molecule has 0 saturated carbocycles. The molecule has 1 N–H and O–H groups in total. The van der Waals surface area contributed by atoms with E-state index in [1.807, 2.05) is 42.5 Å². The van der Waals surface area contributed by atoms with E-state index in [1.165, 1.54) is 0 Å². The fraction of sp³-hybridized carbons (Fsp3) is 0.267. The Balaban J connectivity index is 1.90. The molecule has 1 aromatic heterocycles. The second-order valence-electron chi connectivity index (χ2n) is 4.82. The Bertz CT molecular complexity index is 634. The van der Waals surface area contributed by atoms with Crippen LogP contribution in [-0.2, 0) is 4.79 Å². The van der Waals surface area contributed by atoms with E-state index in [1.54, 1.807) is 0 Å². The Labute approximate surface area is 115 Å². The minimum Gasteiger partial charge on any atom is -0.481 e. The lowest BCUT2D eigenvalue weighted by atomic mass is 9.83. The van der Waals surface area contributed by atoms with Crippen LogP contribution in [0.4, 0.5) is 0 Å². The zero-order chi connectivity index (χ0) is 13.9. The van der Waals surface area contributed by atoms with Crippen LogP contribution in [-0.4, -0.2) is 21.2 Å². The lowest BCUT2D eigenvalue weighted by Crippen LogP contribution is -2.23. The van der Waals surface area contributed by atoms with E-state index in [-0.39, 0.29) is 5.92 Å². The molecule has 5 nitrogen and oxygen atoms in total. The van der Waals surface area contributed by atoms with Crippen LogP contribution in [0.25, 0.3) is 11.4 Å². The molecule has 0 spiro atoms. The summed E-state index contributed by atoms with van der Waals surface area (Å²) in [6.45, 7) is 0. The number of carbonyl (C=O) groups is 1. The van der Waals surface area contributed by atoms with Crippen molar-refractivity contribution in [2.75, 3.05) is 0 Å². The van der Waals surface area contributed by atoms with Crippen molar-refractivity contribution in [2.24, 2.45) is 5.92 Å². The molecule has 1 aliphatic rings. The van der Waals surface area contributed by atoms with Gasteiger partial charge in [0, 0.05) is 5.56 Å². The zero-order valence-electron chi connectivity index (χ0n) is 10.8. The molecule has 20 heavy (non-hydrogen) atoms. The maximum Gasteiger partial charge on any atom is 0.307 e. The molecule has 5 heteroatoms. The molecular formula is C15H14N2O3. The summed E-state index contributed by atoms with van der Waals surface area (Å²) in [5.74, 6) is -0.662. The molecule has 0 aliphatic heterocycles. The average Bonchev–Trinajstić information content (AvgIpc) is 2.98. The van der Waals surface area contributed by atoms with E-state index < -0.39 is 11.9 Å². The van der Waals surface area contributed by atoms with Crippen LogP contribution in [0.2, 0.25) is 0 Å². The summed E-state index contributed by atoms with van der Waals surface area (Å²) in [7, 11) is 0. The molecular weight excluding hydrogens is 256 g/mol. The third-order valence-electron chi connectivity index (χ3n) is 3.54. The highest BCUT2D eigenvalue weighted by atomic mass is 16.5. The highest BCUT2D eigenvalue weighted by molar-refractivity contribution is 5.71. The number of nitrogens with zero attached hydrogens (tertiary/aromatic N) is 2. The van der Waals surface area contributed by atoms with Gasteiger partial charge in [0.15, 0.2) is 0 Å². The average molecular weight is 270 g/mol. The summed E-state index contributed by atoms with van der Waals surface area (Å²) < 4.78 is 5.28. The predicted octanol–water partition coefficient (Wildman–Crippen LogP) is 2.87. The first kappa shape index (κ1) is 12.6. The molecule has 102 valence electrons. The van der Waals surface area contributed by atoms with Gasteiger partial charge in [0.25, 0.3) is 0 Å². The number of benzene rings is 1. The van der Waals surface area contributed by atoms with Crippen molar-refractivity contribution < 1.29 is 14.4 Å². The topological polar surface area (TPSA) is 76.2 Å². The van der Waals surface area contributed by atoms with Gasteiger partial charge in [-0.3, -0.25) is 4.79 Å². The van der Waals surface area contributed by atoms with Crippen LogP contribution >= 0.6 is 0 Å². The van der Waals surface area contributed by atoms with Crippen molar-refractivity contribution in [3.05, 3.63) is 48.4 Å². The zero-order valence-corrected chi connectivity index (χ0v) is 10.8. The SMILES string of the molecule is O=C(O)C1CC=CCC1c1nc(-c2ccccc2)no1. The van der Waals surface area contributed by atoms with Gasteiger partial charge >= 0.3 is 5.97 Å². The maximum atomic E-state index is 11.3. The minimum atomic E-state index is -0.821. The third-order valence-corrected chi connectivity index (χ3v) is 3.54. The summed E-state index contributed by atoms with van der Waals surface area (Å²) in [6, 6.07) is 9.49. The van der Waals surface area contributed by atoms with Crippen LogP contribution in [0.5, 0.6) is 0 Å². The van der Waals surface area contributed by atoms with Crippen LogP contribution in [0.3, 0.4) is 0 Å². The van der Waals surface area contributed by atoms with Crippen LogP contribution in [0, 0.1) is 5.92 Å². The summed E-state index contributed by atoms with van der Waals surface area (Å²) in [5, 5.41) is 13.2. The Kier molecular flexibility index (Phi) is 3.33. The molecule has 1 aromatic carbocycles. The molecule has 2 unspecified atom stereocenters. The lowest BCUT2D eigenvalue weighted by molar-refractivity contribution is -0.142. The minimum absolute atomic E-state index is 0.248. The standard InChI is InChI=1S/C15H14N2O3/c18-15(19)12-9-5-4-8-11(12)14-16-13(17-20-14)10-6-2-1-3-7-10/h1-7,11-12H,8-9H2,(H,18,19). The largest absolute Gasteiger partial charge is 0.481 e. The number of rotatable bonds is 3. The fourth-order valence-corrected chi connectivity index (χ4v) is 2.45. The van der Waals surface area contributed by atoms with Gasteiger partial charge in [0.05, 0.1) is 11.8 Å². The van der Waals surface area contributed by atoms with Crippen molar-refractivity contribution >= 4 is 5.97 Å². The summed E-state index contributed by atoms with van der Waals surface area (Å²) in [5.41, 5.74) is 0.862. The first-order chi connectivity index (χ1) is 9.75. The fourth-order valence-electron chi connectivity index (χ4n) is 2.45. The quantitative estimate of drug-likeness (QED) is 0.868. The molecule has 0 bridgehead atoms. The molecule has 1 aliphatic carbocycles.